The summed E-state index contributed by atoms with van der Waals surface area (Å²) in [4.78, 5) is 11.4. The van der Waals surface area contributed by atoms with Crippen LogP contribution in [-0.2, 0) is 11.4 Å². The fourth-order valence-corrected chi connectivity index (χ4v) is 4.34. The van der Waals surface area contributed by atoms with Gasteiger partial charge in [-0.2, -0.15) is 0 Å². The largest absolute Gasteiger partial charge is 0.494 e. The molecule has 6 heteroatoms. The molecule has 0 radical (unpaired) electrons. The highest BCUT2D eigenvalue weighted by atomic mass is 16.5. The Morgan fingerprint density at radius 1 is 0.919 bits per heavy atom. The highest BCUT2D eigenvalue weighted by Gasteiger charge is 2.20. The van der Waals surface area contributed by atoms with Gasteiger partial charge in [-0.05, 0) is 84.0 Å². The maximum Gasteiger partial charge on any atom is 0.304 e. The number of carboxylic acids is 1. The maximum absolute atomic E-state index is 11.4. The highest BCUT2D eigenvalue weighted by Crippen LogP contribution is 2.31. The SMILES string of the molecule is CCCCOc1ccc(-c2cc(COc3ccc([C@H](CC(=O)O)c4ccon4)cc3)ccc2C)c(C)c1. The molecule has 4 rings (SSSR count). The quantitative estimate of drug-likeness (QED) is 0.206. The number of carboxylic acid groups (broad SMARTS) is 1. The van der Waals surface area contributed by atoms with E-state index in [1.165, 1.54) is 28.5 Å². The van der Waals surface area contributed by atoms with E-state index in [0.29, 0.717) is 18.1 Å². The normalized spacial score (nSPS) is 11.8. The molecule has 0 fully saturated rings. The molecule has 0 aliphatic carbocycles. The number of nitrogens with zero attached hydrogens (tertiary/aromatic N) is 1. The molecule has 1 atom stereocenters. The van der Waals surface area contributed by atoms with Crippen LogP contribution in [0.25, 0.3) is 11.1 Å². The van der Waals surface area contributed by atoms with Gasteiger partial charge < -0.3 is 19.1 Å². The standard InChI is InChI=1S/C31H33NO5/c1-4-5-15-35-26-12-13-27(22(3)17-26)28-18-23(7-6-21(28)2)20-36-25-10-8-24(9-11-25)29(19-31(33)34)30-14-16-37-32-30/h6-14,16-18,29H,4-5,15,19-20H2,1-3H3,(H,33,34)/t29-/m0/s1. The molecule has 0 saturated heterocycles. The summed E-state index contributed by atoms with van der Waals surface area (Å²) in [5.74, 6) is 0.350. The lowest BCUT2D eigenvalue weighted by atomic mass is 9.92. The summed E-state index contributed by atoms with van der Waals surface area (Å²) >= 11 is 0. The van der Waals surface area contributed by atoms with Crippen molar-refractivity contribution >= 4 is 5.97 Å². The number of hydrogen-bond donors (Lipinski definition) is 1. The Kier molecular flexibility index (Phi) is 8.62. The van der Waals surface area contributed by atoms with Crippen LogP contribution in [-0.4, -0.2) is 22.8 Å². The smallest absolute Gasteiger partial charge is 0.304 e. The van der Waals surface area contributed by atoms with E-state index < -0.39 is 5.97 Å². The zero-order chi connectivity index (χ0) is 26.2. The highest BCUT2D eigenvalue weighted by molar-refractivity contribution is 5.72. The Labute approximate surface area is 217 Å². The molecule has 0 aliphatic heterocycles. The number of hydrogen-bond acceptors (Lipinski definition) is 5. The number of unbranched alkanes of at least 4 members (excludes halogenated alkanes) is 1. The average Bonchev–Trinajstić information content (AvgIpc) is 3.42. The topological polar surface area (TPSA) is 81.8 Å². The van der Waals surface area contributed by atoms with Crippen molar-refractivity contribution in [2.75, 3.05) is 6.61 Å². The average molecular weight is 500 g/mol. The van der Waals surface area contributed by atoms with Gasteiger partial charge in [0.05, 0.1) is 18.7 Å². The molecule has 37 heavy (non-hydrogen) atoms. The fourth-order valence-electron chi connectivity index (χ4n) is 4.34. The van der Waals surface area contributed by atoms with E-state index in [-0.39, 0.29) is 12.3 Å². The summed E-state index contributed by atoms with van der Waals surface area (Å²) in [5, 5.41) is 13.3. The summed E-state index contributed by atoms with van der Waals surface area (Å²) < 4.78 is 16.8. The van der Waals surface area contributed by atoms with Gasteiger partial charge in [-0.25, -0.2) is 0 Å². The van der Waals surface area contributed by atoms with Crippen LogP contribution in [0.2, 0.25) is 0 Å². The third-order valence-electron chi connectivity index (χ3n) is 6.44. The number of carbonyl (C=O) groups is 1. The van der Waals surface area contributed by atoms with Crippen molar-refractivity contribution in [3.8, 4) is 22.6 Å². The van der Waals surface area contributed by atoms with Crippen molar-refractivity contribution in [1.29, 1.82) is 0 Å². The summed E-state index contributed by atoms with van der Waals surface area (Å²) in [6, 6.07) is 21.8. The van der Waals surface area contributed by atoms with Gasteiger partial charge in [-0.1, -0.05) is 48.8 Å². The molecule has 6 nitrogen and oxygen atoms in total. The first kappa shape index (κ1) is 26.0. The van der Waals surface area contributed by atoms with Crippen LogP contribution in [0.3, 0.4) is 0 Å². The summed E-state index contributed by atoms with van der Waals surface area (Å²) in [7, 11) is 0. The van der Waals surface area contributed by atoms with E-state index in [1.54, 1.807) is 6.07 Å². The molecule has 1 heterocycles. The summed E-state index contributed by atoms with van der Waals surface area (Å²) in [6.45, 7) is 7.55. The van der Waals surface area contributed by atoms with Gasteiger partial charge in [0.2, 0.25) is 0 Å². The minimum absolute atomic E-state index is 0.0653. The third kappa shape index (κ3) is 6.79. The lowest BCUT2D eigenvalue weighted by Gasteiger charge is -2.15. The Morgan fingerprint density at radius 3 is 2.38 bits per heavy atom. The number of benzene rings is 3. The number of aryl methyl sites for hydroxylation is 2. The Bertz CT molecular complexity index is 1310. The van der Waals surface area contributed by atoms with Crippen molar-refractivity contribution in [2.45, 2.75) is 52.6 Å². The van der Waals surface area contributed by atoms with E-state index in [0.717, 1.165) is 36.3 Å². The van der Waals surface area contributed by atoms with Crippen LogP contribution < -0.4 is 9.47 Å². The van der Waals surface area contributed by atoms with E-state index >= 15 is 0 Å². The molecule has 0 spiro atoms. The molecule has 1 aromatic heterocycles. The van der Waals surface area contributed by atoms with Gasteiger partial charge >= 0.3 is 5.97 Å². The molecule has 0 unspecified atom stereocenters. The minimum Gasteiger partial charge on any atom is -0.494 e. The number of aliphatic carboxylic acids is 1. The fraction of sp³-hybridized carbons (Fsp3) is 0.290. The first-order valence-electron chi connectivity index (χ1n) is 12.6. The summed E-state index contributed by atoms with van der Waals surface area (Å²) in [6.07, 6.45) is 3.55. The van der Waals surface area contributed by atoms with E-state index in [1.807, 2.05) is 30.3 Å². The number of aromatic nitrogens is 1. The van der Waals surface area contributed by atoms with Gasteiger partial charge in [0.25, 0.3) is 0 Å². The van der Waals surface area contributed by atoms with Crippen LogP contribution in [0.1, 0.15) is 60.1 Å². The van der Waals surface area contributed by atoms with Crippen LogP contribution in [0, 0.1) is 13.8 Å². The Balaban J connectivity index is 1.45. The van der Waals surface area contributed by atoms with Crippen molar-refractivity contribution in [3.63, 3.8) is 0 Å². The van der Waals surface area contributed by atoms with Gasteiger partial charge in [0, 0.05) is 12.0 Å². The Hall–Kier alpha value is -4.06. The lowest BCUT2D eigenvalue weighted by Crippen LogP contribution is -2.08. The second-order valence-electron chi connectivity index (χ2n) is 9.26. The third-order valence-corrected chi connectivity index (χ3v) is 6.44. The molecule has 3 aromatic carbocycles. The van der Waals surface area contributed by atoms with E-state index in [9.17, 15) is 9.90 Å². The van der Waals surface area contributed by atoms with Gasteiger partial charge in [-0.3, -0.25) is 4.79 Å². The number of ether oxygens (including phenoxy) is 2. The maximum atomic E-state index is 11.4. The van der Waals surface area contributed by atoms with Crippen LogP contribution in [0.15, 0.2) is 77.5 Å². The molecule has 4 aromatic rings. The minimum atomic E-state index is -0.891. The van der Waals surface area contributed by atoms with Gasteiger partial charge in [0.1, 0.15) is 24.4 Å². The predicted molar refractivity (Wildman–Crippen MR) is 143 cm³/mol. The van der Waals surface area contributed by atoms with Crippen LogP contribution in [0.4, 0.5) is 0 Å². The molecule has 1 N–H and O–H groups in total. The zero-order valence-electron chi connectivity index (χ0n) is 21.6. The lowest BCUT2D eigenvalue weighted by molar-refractivity contribution is -0.137. The van der Waals surface area contributed by atoms with Crippen molar-refractivity contribution in [3.05, 3.63) is 101 Å². The summed E-state index contributed by atoms with van der Waals surface area (Å²) in [5.41, 5.74) is 7.25. The van der Waals surface area contributed by atoms with Crippen molar-refractivity contribution in [2.24, 2.45) is 0 Å². The zero-order valence-corrected chi connectivity index (χ0v) is 21.6. The van der Waals surface area contributed by atoms with E-state index in [4.69, 9.17) is 14.0 Å². The van der Waals surface area contributed by atoms with E-state index in [2.05, 4.69) is 56.3 Å². The predicted octanol–water partition coefficient (Wildman–Crippen LogP) is 7.32. The molecule has 0 amide bonds. The second-order valence-corrected chi connectivity index (χ2v) is 9.26. The molecule has 0 bridgehead atoms. The van der Waals surface area contributed by atoms with Crippen molar-refractivity contribution in [1.82, 2.24) is 5.16 Å². The molecule has 192 valence electrons. The molecule has 0 aliphatic rings. The first-order valence-corrected chi connectivity index (χ1v) is 12.6. The molecular formula is C31H33NO5. The molecular weight excluding hydrogens is 466 g/mol. The van der Waals surface area contributed by atoms with Crippen molar-refractivity contribution < 1.29 is 23.9 Å². The Morgan fingerprint density at radius 2 is 1.70 bits per heavy atom. The van der Waals surface area contributed by atoms with Gasteiger partial charge in [0.15, 0.2) is 0 Å². The number of rotatable bonds is 12. The second kappa shape index (κ2) is 12.3. The first-order chi connectivity index (χ1) is 17.9. The van der Waals surface area contributed by atoms with Crippen LogP contribution >= 0.6 is 0 Å². The van der Waals surface area contributed by atoms with Gasteiger partial charge in [-0.15, -0.1) is 0 Å². The van der Waals surface area contributed by atoms with Crippen LogP contribution in [0.5, 0.6) is 11.5 Å². The monoisotopic (exact) mass is 499 g/mol. The molecule has 0 saturated carbocycles.